The molecule has 0 atom stereocenters. The van der Waals surface area contributed by atoms with Crippen LogP contribution in [-0.4, -0.2) is 0 Å². The van der Waals surface area contributed by atoms with Crippen LogP contribution in [0.1, 0.15) is 133 Å². The van der Waals surface area contributed by atoms with Gasteiger partial charge in [-0.15, -0.1) is 0 Å². The van der Waals surface area contributed by atoms with E-state index < -0.39 is 11.9 Å². The first kappa shape index (κ1) is 28.0. The first-order valence-electron chi connectivity index (χ1n) is 15.0. The molecule has 1 aliphatic carbocycles. The van der Waals surface area contributed by atoms with E-state index in [9.17, 15) is 0 Å². The molecule has 0 aromatic heterocycles. The third kappa shape index (κ3) is 6.92. The first-order chi connectivity index (χ1) is 17.9. The second-order valence-electron chi connectivity index (χ2n) is 11.4. The molecular formula is C33H45F3O. The number of rotatable bonds is 13. The highest BCUT2D eigenvalue weighted by molar-refractivity contribution is 5.77. The highest BCUT2D eigenvalue weighted by Gasteiger charge is 2.44. The predicted molar refractivity (Wildman–Crippen MR) is 147 cm³/mol. The van der Waals surface area contributed by atoms with Gasteiger partial charge in [-0.2, -0.15) is 8.78 Å². The van der Waals surface area contributed by atoms with Gasteiger partial charge in [0.1, 0.15) is 0 Å². The van der Waals surface area contributed by atoms with Crippen molar-refractivity contribution in [2.45, 2.75) is 129 Å². The van der Waals surface area contributed by atoms with Crippen LogP contribution in [0.15, 0.2) is 30.3 Å². The summed E-state index contributed by atoms with van der Waals surface area (Å²) < 4.78 is 50.9. The van der Waals surface area contributed by atoms with Crippen LogP contribution in [0.2, 0.25) is 0 Å². The molecule has 1 saturated carbocycles. The Morgan fingerprint density at radius 3 is 2.16 bits per heavy atom. The van der Waals surface area contributed by atoms with E-state index in [0.717, 1.165) is 43.6 Å². The molecule has 1 nitrogen and oxygen atoms in total. The molecular weight excluding hydrogens is 469 g/mol. The lowest BCUT2D eigenvalue weighted by Gasteiger charge is -2.32. The summed E-state index contributed by atoms with van der Waals surface area (Å²) in [6.07, 6.45) is 14.6. The fraction of sp³-hybridized carbons (Fsp3) is 0.636. The Balaban J connectivity index is 1.43. The minimum atomic E-state index is -3.53. The molecule has 0 radical (unpaired) electrons. The van der Waals surface area contributed by atoms with Gasteiger partial charge in [-0.3, -0.25) is 0 Å². The number of fused-ring (bicyclic) bond motifs is 3. The van der Waals surface area contributed by atoms with Crippen LogP contribution in [0.4, 0.5) is 13.2 Å². The summed E-state index contributed by atoms with van der Waals surface area (Å²) in [6.45, 7) is 4.42. The zero-order valence-corrected chi connectivity index (χ0v) is 22.9. The molecule has 2 aromatic rings. The summed E-state index contributed by atoms with van der Waals surface area (Å²) in [5.41, 5.74) is 2.14. The Morgan fingerprint density at radius 2 is 1.43 bits per heavy atom. The van der Waals surface area contributed by atoms with Gasteiger partial charge in [-0.25, -0.2) is 4.39 Å². The van der Waals surface area contributed by atoms with E-state index in [-0.39, 0.29) is 11.3 Å². The topological polar surface area (TPSA) is 9.23 Å². The largest absolute Gasteiger partial charge is 0.427 e. The lowest BCUT2D eigenvalue weighted by molar-refractivity contribution is -0.188. The van der Waals surface area contributed by atoms with E-state index in [1.807, 2.05) is 6.07 Å². The maximum atomic E-state index is 15.3. The SMILES string of the molecule is CCCCCCCCc1ccc2c(c1F)OC(F)(F)c1cc(C3CCC(CCCCCC)CC3)ccc1-2. The van der Waals surface area contributed by atoms with Gasteiger partial charge < -0.3 is 4.74 Å². The third-order valence-corrected chi connectivity index (χ3v) is 8.64. The van der Waals surface area contributed by atoms with E-state index in [1.165, 1.54) is 64.2 Å². The number of hydrogen-bond donors (Lipinski definition) is 0. The number of hydrogen-bond acceptors (Lipinski definition) is 1. The average Bonchev–Trinajstić information content (AvgIpc) is 2.90. The molecule has 204 valence electrons. The minimum Gasteiger partial charge on any atom is -0.425 e. The van der Waals surface area contributed by atoms with Crippen LogP contribution < -0.4 is 4.74 Å². The van der Waals surface area contributed by atoms with Crippen molar-refractivity contribution in [3.63, 3.8) is 0 Å². The molecule has 1 aliphatic heterocycles. The van der Waals surface area contributed by atoms with Crippen molar-refractivity contribution >= 4 is 0 Å². The van der Waals surface area contributed by atoms with Gasteiger partial charge >= 0.3 is 6.11 Å². The number of benzene rings is 2. The summed E-state index contributed by atoms with van der Waals surface area (Å²) in [5.74, 6) is 0.164. The van der Waals surface area contributed by atoms with E-state index in [0.29, 0.717) is 29.0 Å². The molecule has 0 unspecified atom stereocenters. The standard InChI is InChI=1S/C33H45F3O/c1-3-5-7-9-10-12-14-26-19-22-29-28-21-20-27(23-30(28)33(35,36)37-32(29)31(26)34)25-17-15-24(16-18-25)13-11-8-6-4-2/h19-25H,3-18H2,1-2H3. The van der Waals surface area contributed by atoms with Crippen LogP contribution in [0, 0.1) is 11.7 Å². The Bertz CT molecular complexity index is 1010. The van der Waals surface area contributed by atoms with Gasteiger partial charge in [0.25, 0.3) is 0 Å². The lowest BCUT2D eigenvalue weighted by atomic mass is 9.76. The zero-order chi connectivity index (χ0) is 26.3. The van der Waals surface area contributed by atoms with Crippen molar-refractivity contribution < 1.29 is 17.9 Å². The summed E-state index contributed by atoms with van der Waals surface area (Å²) in [7, 11) is 0. The molecule has 4 rings (SSSR count). The molecule has 0 saturated heterocycles. The number of halogens is 3. The fourth-order valence-electron chi connectivity index (χ4n) is 6.32. The van der Waals surface area contributed by atoms with Crippen molar-refractivity contribution in [3.05, 3.63) is 52.8 Å². The summed E-state index contributed by atoms with van der Waals surface area (Å²) >= 11 is 0. The van der Waals surface area contributed by atoms with Crippen molar-refractivity contribution in [1.29, 1.82) is 0 Å². The van der Waals surface area contributed by atoms with Crippen LogP contribution in [0.5, 0.6) is 5.75 Å². The van der Waals surface area contributed by atoms with Gasteiger partial charge in [0.2, 0.25) is 0 Å². The smallest absolute Gasteiger partial charge is 0.425 e. The average molecular weight is 515 g/mol. The fourth-order valence-corrected chi connectivity index (χ4v) is 6.32. The number of ether oxygens (including phenoxy) is 1. The van der Waals surface area contributed by atoms with Crippen LogP contribution in [-0.2, 0) is 12.5 Å². The molecule has 0 amide bonds. The monoisotopic (exact) mass is 514 g/mol. The summed E-state index contributed by atoms with van der Waals surface area (Å²) in [6, 6.07) is 8.91. The van der Waals surface area contributed by atoms with E-state index in [1.54, 1.807) is 24.3 Å². The van der Waals surface area contributed by atoms with Crippen LogP contribution in [0.3, 0.4) is 0 Å². The maximum absolute atomic E-state index is 15.3. The minimum absolute atomic E-state index is 0.123. The number of unbranched alkanes of at least 4 members (excludes halogenated alkanes) is 8. The lowest BCUT2D eigenvalue weighted by Crippen LogP contribution is -2.28. The van der Waals surface area contributed by atoms with Crippen molar-refractivity contribution in [2.75, 3.05) is 0 Å². The summed E-state index contributed by atoms with van der Waals surface area (Å²) in [5, 5.41) is 0. The highest BCUT2D eigenvalue weighted by atomic mass is 19.3. The highest BCUT2D eigenvalue weighted by Crippen LogP contribution is 2.50. The molecule has 4 heteroatoms. The second-order valence-corrected chi connectivity index (χ2v) is 11.4. The van der Waals surface area contributed by atoms with Gasteiger partial charge in [0, 0.05) is 5.56 Å². The zero-order valence-electron chi connectivity index (χ0n) is 22.9. The maximum Gasteiger partial charge on any atom is 0.427 e. The van der Waals surface area contributed by atoms with Gasteiger partial charge in [0.15, 0.2) is 11.6 Å². The molecule has 0 N–H and O–H groups in total. The molecule has 2 aliphatic rings. The van der Waals surface area contributed by atoms with E-state index in [2.05, 4.69) is 13.8 Å². The molecule has 1 fully saturated rings. The van der Waals surface area contributed by atoms with Crippen molar-refractivity contribution in [1.82, 2.24) is 0 Å². The second kappa shape index (κ2) is 13.2. The Labute approximate surface area is 222 Å². The Hall–Kier alpha value is -1.97. The molecule has 1 heterocycles. The molecule has 0 bridgehead atoms. The quantitative estimate of drug-likeness (QED) is 0.242. The van der Waals surface area contributed by atoms with Crippen molar-refractivity contribution in [3.8, 4) is 16.9 Å². The number of aryl methyl sites for hydroxylation is 1. The third-order valence-electron chi connectivity index (χ3n) is 8.64. The molecule has 0 spiro atoms. The normalized spacial score (nSPS) is 20.2. The van der Waals surface area contributed by atoms with Crippen LogP contribution in [0.25, 0.3) is 11.1 Å². The Morgan fingerprint density at radius 1 is 0.784 bits per heavy atom. The van der Waals surface area contributed by atoms with Crippen LogP contribution >= 0.6 is 0 Å². The first-order valence-corrected chi connectivity index (χ1v) is 15.0. The van der Waals surface area contributed by atoms with E-state index >= 15 is 13.2 Å². The van der Waals surface area contributed by atoms with Gasteiger partial charge in [-0.05, 0) is 73.1 Å². The van der Waals surface area contributed by atoms with Gasteiger partial charge in [0.05, 0.1) is 5.56 Å². The van der Waals surface area contributed by atoms with E-state index in [4.69, 9.17) is 4.74 Å². The predicted octanol–water partition coefficient (Wildman–Crippen LogP) is 11.1. The molecule has 2 aromatic carbocycles. The Kier molecular flexibility index (Phi) is 10.0. The van der Waals surface area contributed by atoms with Crippen molar-refractivity contribution in [2.24, 2.45) is 5.92 Å². The van der Waals surface area contributed by atoms with Gasteiger partial charge in [-0.1, -0.05) is 102 Å². The summed E-state index contributed by atoms with van der Waals surface area (Å²) in [4.78, 5) is 0. The molecule has 37 heavy (non-hydrogen) atoms. The number of alkyl halides is 2.